The monoisotopic (exact) mass is 219 g/mol. The maximum atomic E-state index is 11.6. The van der Waals surface area contributed by atoms with Gasteiger partial charge in [0, 0.05) is 7.05 Å². The molecule has 2 rings (SSSR count). The van der Waals surface area contributed by atoms with Crippen LogP contribution in [0.4, 0.5) is 0 Å². The minimum Gasteiger partial charge on any atom is -0.545 e. The number of benzene rings is 1. The second kappa shape index (κ2) is 3.34. The lowest BCUT2D eigenvalue weighted by molar-refractivity contribution is -0.255. The zero-order valence-electron chi connectivity index (χ0n) is 8.31. The maximum Gasteiger partial charge on any atom is 0.328 e. The Bertz CT molecular complexity index is 696. The Labute approximate surface area is 88.8 Å². The molecule has 0 aliphatic heterocycles. The molecule has 16 heavy (non-hydrogen) atoms. The number of carbonyl (C=O) groups excluding carboxylic acids is 1. The molecule has 6 nitrogen and oxygen atoms in total. The highest BCUT2D eigenvalue weighted by Gasteiger charge is 2.05. The molecule has 1 N–H and O–H groups in total. The fourth-order valence-electron chi connectivity index (χ4n) is 1.43. The maximum absolute atomic E-state index is 11.6. The van der Waals surface area contributed by atoms with Gasteiger partial charge in [-0.3, -0.25) is 9.36 Å². The summed E-state index contributed by atoms with van der Waals surface area (Å²) in [5.41, 5.74) is -0.956. The van der Waals surface area contributed by atoms with Crippen molar-refractivity contribution in [1.82, 2.24) is 9.55 Å². The van der Waals surface area contributed by atoms with Crippen LogP contribution in [0.3, 0.4) is 0 Å². The number of carboxylic acids is 1. The molecule has 0 radical (unpaired) electrons. The smallest absolute Gasteiger partial charge is 0.328 e. The van der Waals surface area contributed by atoms with Crippen LogP contribution in [-0.2, 0) is 7.05 Å². The molecule has 0 saturated heterocycles. The van der Waals surface area contributed by atoms with E-state index in [0.29, 0.717) is 0 Å². The first-order chi connectivity index (χ1) is 7.50. The average molecular weight is 219 g/mol. The van der Waals surface area contributed by atoms with Crippen LogP contribution in [0.1, 0.15) is 10.4 Å². The number of aromatic nitrogens is 2. The van der Waals surface area contributed by atoms with Gasteiger partial charge in [0.2, 0.25) is 0 Å². The van der Waals surface area contributed by atoms with Crippen molar-refractivity contribution in [2.45, 2.75) is 0 Å². The van der Waals surface area contributed by atoms with Gasteiger partial charge in [-0.25, -0.2) is 4.79 Å². The number of nitrogens with zero attached hydrogens (tertiary/aromatic N) is 1. The SMILES string of the molecule is Cn1c(=O)[nH]c2cc(C(=O)[O-])ccc2c1=O. The first kappa shape index (κ1) is 10.2. The first-order valence-corrected chi connectivity index (χ1v) is 4.45. The standard InChI is InChI=1S/C10H8N2O4/c1-12-8(13)6-3-2-5(9(14)15)4-7(6)11-10(12)16/h2-4H,1H3,(H,11,16)(H,14,15)/p-1. The van der Waals surface area contributed by atoms with Gasteiger partial charge in [-0.1, -0.05) is 6.07 Å². The van der Waals surface area contributed by atoms with Crippen molar-refractivity contribution in [3.63, 3.8) is 0 Å². The topological polar surface area (TPSA) is 95.0 Å². The van der Waals surface area contributed by atoms with Gasteiger partial charge in [-0.15, -0.1) is 0 Å². The van der Waals surface area contributed by atoms with Gasteiger partial charge in [0.05, 0.1) is 16.9 Å². The fourth-order valence-corrected chi connectivity index (χ4v) is 1.43. The summed E-state index contributed by atoms with van der Waals surface area (Å²) in [6.07, 6.45) is 0. The molecule has 1 aromatic carbocycles. The van der Waals surface area contributed by atoms with E-state index >= 15 is 0 Å². The summed E-state index contributed by atoms with van der Waals surface area (Å²) in [7, 11) is 1.34. The van der Waals surface area contributed by atoms with E-state index in [1.54, 1.807) is 0 Å². The highest BCUT2D eigenvalue weighted by molar-refractivity contribution is 5.91. The number of aromatic amines is 1. The third-order valence-corrected chi connectivity index (χ3v) is 2.34. The van der Waals surface area contributed by atoms with Gasteiger partial charge in [0.15, 0.2) is 0 Å². The van der Waals surface area contributed by atoms with Gasteiger partial charge in [-0.05, 0) is 17.7 Å². The minimum absolute atomic E-state index is 0.0867. The van der Waals surface area contributed by atoms with Crippen LogP contribution in [0, 0.1) is 0 Å². The van der Waals surface area contributed by atoms with E-state index in [1.807, 2.05) is 0 Å². The molecule has 2 aromatic rings. The number of nitrogens with one attached hydrogen (secondary N) is 1. The molecule has 1 heterocycles. The van der Waals surface area contributed by atoms with Crippen LogP contribution in [0.2, 0.25) is 0 Å². The van der Waals surface area contributed by atoms with E-state index in [2.05, 4.69) is 4.98 Å². The lowest BCUT2D eigenvalue weighted by atomic mass is 10.1. The largest absolute Gasteiger partial charge is 0.545 e. The minimum atomic E-state index is -1.36. The van der Waals surface area contributed by atoms with E-state index < -0.39 is 17.2 Å². The lowest BCUT2D eigenvalue weighted by Gasteiger charge is -2.04. The first-order valence-electron chi connectivity index (χ1n) is 4.45. The molecule has 0 aliphatic carbocycles. The number of hydrogen-bond acceptors (Lipinski definition) is 4. The van der Waals surface area contributed by atoms with Crippen molar-refractivity contribution < 1.29 is 9.90 Å². The zero-order chi connectivity index (χ0) is 11.9. The molecule has 0 fully saturated rings. The Morgan fingerprint density at radius 1 is 1.38 bits per heavy atom. The molecule has 0 atom stereocenters. The molecule has 0 amide bonds. The predicted molar refractivity (Wildman–Crippen MR) is 54.1 cm³/mol. The second-order valence-corrected chi connectivity index (χ2v) is 3.34. The molecule has 82 valence electrons. The molecule has 1 aromatic heterocycles. The van der Waals surface area contributed by atoms with Crippen molar-refractivity contribution in [2.24, 2.45) is 7.05 Å². The average Bonchev–Trinajstić information content (AvgIpc) is 2.25. The van der Waals surface area contributed by atoms with Crippen LogP contribution < -0.4 is 16.4 Å². The van der Waals surface area contributed by atoms with Gasteiger partial charge in [0.1, 0.15) is 0 Å². The number of aromatic carboxylic acids is 1. The molecular formula is C10H7N2O4-. The van der Waals surface area contributed by atoms with Gasteiger partial charge < -0.3 is 14.9 Å². The molecule has 0 saturated carbocycles. The summed E-state index contributed by atoms with van der Waals surface area (Å²) in [5.74, 6) is -1.36. The molecule has 0 bridgehead atoms. The number of fused-ring (bicyclic) bond motifs is 1. The summed E-state index contributed by atoms with van der Waals surface area (Å²) in [4.78, 5) is 35.9. The van der Waals surface area contributed by atoms with E-state index in [1.165, 1.54) is 25.2 Å². The number of hydrogen-bond donors (Lipinski definition) is 1. The number of H-pyrrole nitrogens is 1. The van der Waals surface area contributed by atoms with E-state index in [4.69, 9.17) is 0 Å². The lowest BCUT2D eigenvalue weighted by Crippen LogP contribution is -2.32. The van der Waals surface area contributed by atoms with E-state index in [-0.39, 0.29) is 16.5 Å². The van der Waals surface area contributed by atoms with Gasteiger partial charge in [-0.2, -0.15) is 0 Å². The Morgan fingerprint density at radius 3 is 2.69 bits per heavy atom. The van der Waals surface area contributed by atoms with Crippen LogP contribution in [0.15, 0.2) is 27.8 Å². The van der Waals surface area contributed by atoms with Gasteiger partial charge in [0.25, 0.3) is 5.56 Å². The van der Waals surface area contributed by atoms with Crippen LogP contribution >= 0.6 is 0 Å². The van der Waals surface area contributed by atoms with Gasteiger partial charge >= 0.3 is 5.69 Å². The summed E-state index contributed by atoms with van der Waals surface area (Å²) in [6, 6.07) is 3.81. The number of carbonyl (C=O) groups is 1. The van der Waals surface area contributed by atoms with Crippen molar-refractivity contribution in [2.75, 3.05) is 0 Å². The summed E-state index contributed by atoms with van der Waals surface area (Å²) in [6.45, 7) is 0. The molecule has 0 unspecified atom stereocenters. The number of carboxylic acid groups (broad SMARTS) is 1. The summed E-state index contributed by atoms with van der Waals surface area (Å²) < 4.78 is 0.918. The quantitative estimate of drug-likeness (QED) is 0.637. The normalized spacial score (nSPS) is 10.6. The molecular weight excluding hydrogens is 212 g/mol. The number of rotatable bonds is 1. The highest BCUT2D eigenvalue weighted by atomic mass is 16.4. The van der Waals surface area contributed by atoms with Crippen LogP contribution in [-0.4, -0.2) is 15.5 Å². The third kappa shape index (κ3) is 1.40. The van der Waals surface area contributed by atoms with Crippen molar-refractivity contribution in [3.8, 4) is 0 Å². The molecule has 0 spiro atoms. The Balaban J connectivity index is 2.92. The predicted octanol–water partition coefficient (Wildman–Crippen LogP) is -1.41. The van der Waals surface area contributed by atoms with Crippen LogP contribution in [0.5, 0.6) is 0 Å². The third-order valence-electron chi connectivity index (χ3n) is 2.34. The van der Waals surface area contributed by atoms with E-state index in [9.17, 15) is 19.5 Å². The fraction of sp³-hybridized carbons (Fsp3) is 0.100. The summed E-state index contributed by atoms with van der Waals surface area (Å²) in [5, 5.41) is 10.9. The molecule has 6 heteroatoms. The Morgan fingerprint density at radius 2 is 2.06 bits per heavy atom. The Kier molecular flexibility index (Phi) is 2.12. The van der Waals surface area contributed by atoms with Crippen molar-refractivity contribution in [1.29, 1.82) is 0 Å². The van der Waals surface area contributed by atoms with Crippen LogP contribution in [0.25, 0.3) is 10.9 Å². The van der Waals surface area contributed by atoms with E-state index in [0.717, 1.165) is 4.57 Å². The second-order valence-electron chi connectivity index (χ2n) is 3.34. The zero-order valence-corrected chi connectivity index (χ0v) is 8.31. The van der Waals surface area contributed by atoms with Crippen molar-refractivity contribution in [3.05, 3.63) is 44.6 Å². The van der Waals surface area contributed by atoms with Crippen molar-refractivity contribution >= 4 is 16.9 Å². The highest BCUT2D eigenvalue weighted by Crippen LogP contribution is 2.07. The Hall–Kier alpha value is -2.37. The summed E-state index contributed by atoms with van der Waals surface area (Å²) >= 11 is 0. The molecule has 0 aliphatic rings.